The van der Waals surface area contributed by atoms with Crippen LogP contribution >= 0.6 is 23.2 Å². The van der Waals surface area contributed by atoms with Crippen LogP contribution in [0.5, 0.6) is 0 Å². The van der Waals surface area contributed by atoms with Gasteiger partial charge in [0.25, 0.3) is 5.91 Å². The quantitative estimate of drug-likeness (QED) is 0.686. The Morgan fingerprint density at radius 2 is 1.88 bits per heavy atom. The number of para-hydroxylation sites is 2. The van der Waals surface area contributed by atoms with Crippen LogP contribution in [0, 0.1) is 5.92 Å². The Kier molecular flexibility index (Phi) is 4.78. The van der Waals surface area contributed by atoms with Crippen LogP contribution in [0.15, 0.2) is 42.5 Å². The van der Waals surface area contributed by atoms with E-state index in [0.29, 0.717) is 10.6 Å². The Hall–Kier alpha value is -2.04. The summed E-state index contributed by atoms with van der Waals surface area (Å²) in [7, 11) is 0. The van der Waals surface area contributed by atoms with Crippen LogP contribution in [0.4, 0.5) is 0 Å². The minimum absolute atomic E-state index is 0.146. The van der Waals surface area contributed by atoms with Crippen molar-refractivity contribution in [2.75, 3.05) is 0 Å². The number of hydrogen-bond donors (Lipinski definition) is 2. The van der Waals surface area contributed by atoms with E-state index in [1.807, 2.05) is 38.1 Å². The molecule has 0 aliphatic rings. The number of aromatic nitrogens is 2. The first-order valence-electron chi connectivity index (χ1n) is 7.67. The van der Waals surface area contributed by atoms with Gasteiger partial charge in [-0.2, -0.15) is 0 Å². The number of halogens is 2. The number of H-pyrrole nitrogens is 1. The number of carbonyl (C=O) groups excluding carboxylic acids is 1. The molecule has 1 aromatic heterocycles. The number of carbonyl (C=O) groups is 1. The lowest BCUT2D eigenvalue weighted by Crippen LogP contribution is -2.32. The molecule has 1 heterocycles. The summed E-state index contributed by atoms with van der Waals surface area (Å²) in [4.78, 5) is 20.5. The summed E-state index contributed by atoms with van der Waals surface area (Å²) in [5.41, 5.74) is 2.16. The third-order valence-corrected chi connectivity index (χ3v) is 4.67. The summed E-state index contributed by atoms with van der Waals surface area (Å²) < 4.78 is 0. The van der Waals surface area contributed by atoms with Gasteiger partial charge in [0.15, 0.2) is 0 Å². The van der Waals surface area contributed by atoms with Gasteiger partial charge in [-0.3, -0.25) is 4.79 Å². The minimum Gasteiger partial charge on any atom is -0.342 e. The van der Waals surface area contributed by atoms with Crippen molar-refractivity contribution < 1.29 is 4.79 Å². The van der Waals surface area contributed by atoms with E-state index in [9.17, 15) is 4.79 Å². The highest BCUT2D eigenvalue weighted by Crippen LogP contribution is 2.27. The van der Waals surface area contributed by atoms with Gasteiger partial charge < -0.3 is 10.3 Å². The van der Waals surface area contributed by atoms with Gasteiger partial charge in [0.1, 0.15) is 5.82 Å². The largest absolute Gasteiger partial charge is 0.342 e. The van der Waals surface area contributed by atoms with Crippen molar-refractivity contribution in [1.29, 1.82) is 0 Å². The fourth-order valence-corrected chi connectivity index (χ4v) is 2.96. The van der Waals surface area contributed by atoms with E-state index in [2.05, 4.69) is 15.3 Å². The van der Waals surface area contributed by atoms with Gasteiger partial charge in [-0.05, 0) is 30.2 Å². The molecule has 24 heavy (non-hydrogen) atoms. The molecule has 124 valence electrons. The van der Waals surface area contributed by atoms with Crippen LogP contribution in [0.2, 0.25) is 10.0 Å². The molecule has 1 atom stereocenters. The Labute approximate surface area is 150 Å². The molecule has 0 bridgehead atoms. The number of amides is 1. The molecule has 4 nitrogen and oxygen atoms in total. The molecule has 0 aliphatic carbocycles. The molecule has 1 amide bonds. The molecule has 3 rings (SSSR count). The van der Waals surface area contributed by atoms with E-state index >= 15 is 0 Å². The number of aromatic amines is 1. The molecular weight excluding hydrogens is 345 g/mol. The fourth-order valence-electron chi connectivity index (χ4n) is 2.57. The molecule has 0 aliphatic heterocycles. The van der Waals surface area contributed by atoms with Gasteiger partial charge in [0, 0.05) is 0 Å². The van der Waals surface area contributed by atoms with Crippen molar-refractivity contribution in [3.05, 3.63) is 63.9 Å². The number of rotatable bonds is 4. The summed E-state index contributed by atoms with van der Waals surface area (Å²) >= 11 is 12.1. The van der Waals surface area contributed by atoms with E-state index in [4.69, 9.17) is 23.2 Å². The normalized spacial score (nSPS) is 12.5. The molecule has 0 fully saturated rings. The standard InChI is InChI=1S/C18H17Cl2N3O/c1-10(2)16(17-21-13-8-3-4-9-14(13)22-17)23-18(24)11-6-5-7-12(19)15(11)20/h3-10,16H,1-2H3,(H,21,22)(H,23,24)/t16-/m0/s1. The summed E-state index contributed by atoms with van der Waals surface area (Å²) in [6, 6.07) is 12.5. The summed E-state index contributed by atoms with van der Waals surface area (Å²) in [5, 5.41) is 3.61. The second-order valence-corrected chi connectivity index (χ2v) is 6.72. The lowest BCUT2D eigenvalue weighted by molar-refractivity contribution is 0.0923. The SMILES string of the molecule is CC(C)[C@H](NC(=O)c1cccc(Cl)c1Cl)c1nc2ccccc2[nH]1. The first-order valence-corrected chi connectivity index (χ1v) is 8.42. The van der Waals surface area contributed by atoms with Gasteiger partial charge in [0.2, 0.25) is 0 Å². The zero-order valence-electron chi connectivity index (χ0n) is 13.3. The van der Waals surface area contributed by atoms with Gasteiger partial charge in [-0.15, -0.1) is 0 Å². The van der Waals surface area contributed by atoms with Crippen molar-refractivity contribution in [3.8, 4) is 0 Å². The molecular formula is C18H17Cl2N3O. The lowest BCUT2D eigenvalue weighted by Gasteiger charge is -2.20. The Balaban J connectivity index is 1.91. The maximum Gasteiger partial charge on any atom is 0.253 e. The second-order valence-electron chi connectivity index (χ2n) is 5.94. The number of nitrogens with zero attached hydrogens (tertiary/aromatic N) is 1. The first-order chi connectivity index (χ1) is 11.5. The van der Waals surface area contributed by atoms with E-state index in [0.717, 1.165) is 16.9 Å². The van der Waals surface area contributed by atoms with Crippen LogP contribution in [0.3, 0.4) is 0 Å². The molecule has 0 spiro atoms. The third-order valence-electron chi connectivity index (χ3n) is 3.85. The lowest BCUT2D eigenvalue weighted by atomic mass is 10.0. The third kappa shape index (κ3) is 3.25. The predicted octanol–water partition coefficient (Wildman–Crippen LogP) is 5.00. The van der Waals surface area contributed by atoms with E-state index in [-0.39, 0.29) is 22.9 Å². The summed E-state index contributed by atoms with van der Waals surface area (Å²) in [6.07, 6.45) is 0. The number of fused-ring (bicyclic) bond motifs is 1. The van der Waals surface area contributed by atoms with Crippen molar-refractivity contribution in [2.24, 2.45) is 5.92 Å². The predicted molar refractivity (Wildman–Crippen MR) is 97.6 cm³/mol. The molecule has 0 radical (unpaired) electrons. The van der Waals surface area contributed by atoms with Gasteiger partial charge >= 0.3 is 0 Å². The topological polar surface area (TPSA) is 57.8 Å². The molecule has 0 saturated carbocycles. The number of imidazole rings is 1. The van der Waals surface area contributed by atoms with E-state index in [1.165, 1.54) is 0 Å². The van der Waals surface area contributed by atoms with Crippen LogP contribution in [0.25, 0.3) is 11.0 Å². The van der Waals surface area contributed by atoms with Crippen LogP contribution in [-0.2, 0) is 0 Å². The van der Waals surface area contributed by atoms with Crippen molar-refractivity contribution in [2.45, 2.75) is 19.9 Å². The number of benzene rings is 2. The van der Waals surface area contributed by atoms with Crippen molar-refractivity contribution in [1.82, 2.24) is 15.3 Å². The molecule has 6 heteroatoms. The highest BCUT2D eigenvalue weighted by Gasteiger charge is 2.23. The van der Waals surface area contributed by atoms with Crippen LogP contribution in [-0.4, -0.2) is 15.9 Å². The minimum atomic E-state index is -0.276. The van der Waals surface area contributed by atoms with Gasteiger partial charge in [0.05, 0.1) is 32.7 Å². The summed E-state index contributed by atoms with van der Waals surface area (Å²) in [5.74, 6) is 0.590. The monoisotopic (exact) mass is 361 g/mol. The molecule has 2 aromatic carbocycles. The zero-order chi connectivity index (χ0) is 17.3. The van der Waals surface area contributed by atoms with Crippen molar-refractivity contribution in [3.63, 3.8) is 0 Å². The number of nitrogens with one attached hydrogen (secondary N) is 2. The highest BCUT2D eigenvalue weighted by molar-refractivity contribution is 6.43. The van der Waals surface area contributed by atoms with Crippen LogP contribution in [0.1, 0.15) is 36.1 Å². The maximum absolute atomic E-state index is 12.6. The second kappa shape index (κ2) is 6.83. The Morgan fingerprint density at radius 1 is 1.12 bits per heavy atom. The van der Waals surface area contributed by atoms with Gasteiger partial charge in [-0.25, -0.2) is 4.98 Å². The highest BCUT2D eigenvalue weighted by atomic mass is 35.5. The smallest absolute Gasteiger partial charge is 0.253 e. The maximum atomic E-state index is 12.6. The van der Waals surface area contributed by atoms with Crippen LogP contribution < -0.4 is 5.32 Å². The molecule has 0 saturated heterocycles. The van der Waals surface area contributed by atoms with E-state index < -0.39 is 0 Å². The average molecular weight is 362 g/mol. The average Bonchev–Trinajstić information content (AvgIpc) is 2.98. The molecule has 2 N–H and O–H groups in total. The first kappa shape index (κ1) is 16.8. The van der Waals surface area contributed by atoms with Gasteiger partial charge in [-0.1, -0.05) is 55.2 Å². The Morgan fingerprint density at radius 3 is 2.58 bits per heavy atom. The van der Waals surface area contributed by atoms with Crippen molar-refractivity contribution >= 4 is 40.1 Å². The summed E-state index contributed by atoms with van der Waals surface area (Å²) in [6.45, 7) is 4.05. The zero-order valence-corrected chi connectivity index (χ0v) is 14.8. The molecule has 3 aromatic rings. The number of hydrogen-bond acceptors (Lipinski definition) is 2. The molecule has 0 unspecified atom stereocenters. The van der Waals surface area contributed by atoms with E-state index in [1.54, 1.807) is 18.2 Å². The fraction of sp³-hybridized carbons (Fsp3) is 0.222. The Bertz CT molecular complexity index is 856.